The summed E-state index contributed by atoms with van der Waals surface area (Å²) >= 11 is 0. The Hall–Kier alpha value is -2.11. The number of carboxylic acids is 1. The highest BCUT2D eigenvalue weighted by Crippen LogP contribution is 2.32. The summed E-state index contributed by atoms with van der Waals surface area (Å²) in [6, 6.07) is 11.9. The summed E-state index contributed by atoms with van der Waals surface area (Å²) in [6.45, 7) is 0. The van der Waals surface area contributed by atoms with Gasteiger partial charge in [0, 0.05) is 7.11 Å². The van der Waals surface area contributed by atoms with Crippen LogP contribution in [0.3, 0.4) is 0 Å². The first-order chi connectivity index (χ1) is 9.13. The van der Waals surface area contributed by atoms with Crippen LogP contribution >= 0.6 is 0 Å². The summed E-state index contributed by atoms with van der Waals surface area (Å²) in [6.07, 6.45) is -1.69. The minimum absolute atomic E-state index is 0.160. The van der Waals surface area contributed by atoms with Gasteiger partial charge in [0.2, 0.25) is 5.76 Å². The Morgan fingerprint density at radius 1 is 1.21 bits per heavy atom. The minimum Gasteiger partial charge on any atom is -0.475 e. The SMILES string of the molecule is COC(c1ccccc1)C(O)c1ccc(C(=O)O)o1. The van der Waals surface area contributed by atoms with Gasteiger partial charge in [-0.05, 0) is 17.7 Å². The van der Waals surface area contributed by atoms with Crippen molar-refractivity contribution in [2.24, 2.45) is 0 Å². The number of aliphatic hydroxyl groups is 1. The molecule has 1 aromatic heterocycles. The van der Waals surface area contributed by atoms with E-state index in [1.807, 2.05) is 30.3 Å². The molecule has 0 spiro atoms. The van der Waals surface area contributed by atoms with E-state index < -0.39 is 18.2 Å². The van der Waals surface area contributed by atoms with Crippen LogP contribution in [0.2, 0.25) is 0 Å². The first-order valence-electron chi connectivity index (χ1n) is 5.72. The standard InChI is InChI=1S/C14H14O5/c1-18-13(9-5-3-2-4-6-9)12(15)10-7-8-11(19-10)14(16)17/h2-8,12-13,15H,1H3,(H,16,17). The van der Waals surface area contributed by atoms with E-state index in [1.165, 1.54) is 19.2 Å². The number of carboxylic acid groups (broad SMARTS) is 1. The van der Waals surface area contributed by atoms with E-state index in [2.05, 4.69) is 0 Å². The third-order valence-corrected chi connectivity index (χ3v) is 2.80. The molecule has 2 unspecified atom stereocenters. The summed E-state index contributed by atoms with van der Waals surface area (Å²) in [7, 11) is 1.47. The summed E-state index contributed by atoms with van der Waals surface area (Å²) in [4.78, 5) is 10.7. The van der Waals surface area contributed by atoms with E-state index in [4.69, 9.17) is 14.3 Å². The third-order valence-electron chi connectivity index (χ3n) is 2.80. The fourth-order valence-electron chi connectivity index (χ4n) is 1.87. The first kappa shape index (κ1) is 13.3. The normalized spacial score (nSPS) is 14.0. The predicted molar refractivity (Wildman–Crippen MR) is 66.8 cm³/mol. The highest BCUT2D eigenvalue weighted by Gasteiger charge is 2.26. The van der Waals surface area contributed by atoms with Crippen molar-refractivity contribution in [1.29, 1.82) is 0 Å². The molecule has 19 heavy (non-hydrogen) atoms. The zero-order valence-electron chi connectivity index (χ0n) is 10.3. The maximum absolute atomic E-state index is 10.7. The Morgan fingerprint density at radius 2 is 1.89 bits per heavy atom. The zero-order valence-corrected chi connectivity index (χ0v) is 10.3. The van der Waals surface area contributed by atoms with Crippen LogP contribution in [0.4, 0.5) is 0 Å². The zero-order chi connectivity index (χ0) is 13.8. The molecule has 100 valence electrons. The van der Waals surface area contributed by atoms with Gasteiger partial charge in [0.25, 0.3) is 0 Å². The Bertz CT molecular complexity index is 546. The second kappa shape index (κ2) is 5.69. The van der Waals surface area contributed by atoms with Gasteiger partial charge in [-0.3, -0.25) is 0 Å². The van der Waals surface area contributed by atoms with Crippen LogP contribution < -0.4 is 0 Å². The van der Waals surface area contributed by atoms with Crippen LogP contribution in [0, 0.1) is 0 Å². The lowest BCUT2D eigenvalue weighted by molar-refractivity contribution is -0.0257. The molecule has 0 saturated carbocycles. The molecule has 0 aliphatic rings. The number of ether oxygens (including phenoxy) is 1. The van der Waals surface area contributed by atoms with E-state index in [-0.39, 0.29) is 11.5 Å². The van der Waals surface area contributed by atoms with Gasteiger partial charge in [-0.2, -0.15) is 0 Å². The second-order valence-corrected chi connectivity index (χ2v) is 4.02. The fourth-order valence-corrected chi connectivity index (χ4v) is 1.87. The number of aromatic carboxylic acids is 1. The summed E-state index contributed by atoms with van der Waals surface area (Å²) in [5.74, 6) is -1.22. The fraction of sp³-hybridized carbons (Fsp3) is 0.214. The predicted octanol–water partition coefficient (Wildman–Crippen LogP) is 2.40. The van der Waals surface area contributed by atoms with Gasteiger partial charge in [-0.25, -0.2) is 4.79 Å². The highest BCUT2D eigenvalue weighted by molar-refractivity contribution is 5.84. The van der Waals surface area contributed by atoms with Gasteiger partial charge >= 0.3 is 5.97 Å². The molecule has 5 heteroatoms. The van der Waals surface area contributed by atoms with Gasteiger partial charge in [-0.1, -0.05) is 30.3 Å². The summed E-state index contributed by atoms with van der Waals surface area (Å²) in [5, 5.41) is 19.0. The molecule has 2 atom stereocenters. The molecule has 0 aliphatic heterocycles. The quantitative estimate of drug-likeness (QED) is 0.864. The van der Waals surface area contributed by atoms with Crippen molar-refractivity contribution < 1.29 is 24.2 Å². The Morgan fingerprint density at radius 3 is 2.42 bits per heavy atom. The lowest BCUT2D eigenvalue weighted by Crippen LogP contribution is -2.12. The number of benzene rings is 1. The van der Waals surface area contributed by atoms with Crippen LogP contribution in [0.25, 0.3) is 0 Å². The lowest BCUT2D eigenvalue weighted by atomic mass is 10.0. The maximum atomic E-state index is 10.7. The average Bonchev–Trinajstić information content (AvgIpc) is 2.90. The molecule has 0 aliphatic carbocycles. The number of carbonyl (C=O) groups is 1. The first-order valence-corrected chi connectivity index (χ1v) is 5.72. The van der Waals surface area contributed by atoms with E-state index in [0.29, 0.717) is 0 Å². The van der Waals surface area contributed by atoms with Crippen LogP contribution in [-0.4, -0.2) is 23.3 Å². The van der Waals surface area contributed by atoms with Crippen molar-refractivity contribution >= 4 is 5.97 Å². The molecule has 5 nitrogen and oxygen atoms in total. The van der Waals surface area contributed by atoms with Gasteiger partial charge in [-0.15, -0.1) is 0 Å². The number of rotatable bonds is 5. The van der Waals surface area contributed by atoms with Crippen LogP contribution in [0.1, 0.15) is 34.1 Å². The van der Waals surface area contributed by atoms with E-state index in [1.54, 1.807) is 0 Å². The molecule has 2 N–H and O–H groups in total. The Balaban J connectivity index is 2.25. The van der Waals surface area contributed by atoms with Crippen LogP contribution in [0.5, 0.6) is 0 Å². The maximum Gasteiger partial charge on any atom is 0.371 e. The molecule has 2 rings (SSSR count). The molecule has 0 bridgehead atoms. The minimum atomic E-state index is -1.17. The van der Waals surface area contributed by atoms with Crippen molar-refractivity contribution in [2.45, 2.75) is 12.2 Å². The van der Waals surface area contributed by atoms with E-state index in [0.717, 1.165) is 5.56 Å². The van der Waals surface area contributed by atoms with Crippen molar-refractivity contribution in [3.63, 3.8) is 0 Å². The molecular formula is C14H14O5. The van der Waals surface area contributed by atoms with Crippen molar-refractivity contribution in [2.75, 3.05) is 7.11 Å². The van der Waals surface area contributed by atoms with E-state index >= 15 is 0 Å². The van der Waals surface area contributed by atoms with E-state index in [9.17, 15) is 9.90 Å². The number of methoxy groups -OCH3 is 1. The Kier molecular flexibility index (Phi) is 3.99. The monoisotopic (exact) mass is 262 g/mol. The van der Waals surface area contributed by atoms with Crippen LogP contribution in [-0.2, 0) is 4.74 Å². The van der Waals surface area contributed by atoms with Gasteiger partial charge < -0.3 is 19.4 Å². The molecule has 0 amide bonds. The number of furan rings is 1. The van der Waals surface area contributed by atoms with Gasteiger partial charge in [0.05, 0.1) is 0 Å². The van der Waals surface area contributed by atoms with Crippen LogP contribution in [0.15, 0.2) is 46.9 Å². The summed E-state index contributed by atoms with van der Waals surface area (Å²) < 4.78 is 10.3. The molecule has 2 aromatic rings. The number of hydrogen-bond donors (Lipinski definition) is 2. The molecule has 1 aromatic carbocycles. The van der Waals surface area contributed by atoms with Crippen molar-refractivity contribution in [1.82, 2.24) is 0 Å². The highest BCUT2D eigenvalue weighted by atomic mass is 16.5. The molecule has 0 fully saturated rings. The van der Waals surface area contributed by atoms with Gasteiger partial charge in [0.1, 0.15) is 18.0 Å². The average molecular weight is 262 g/mol. The topological polar surface area (TPSA) is 79.9 Å². The smallest absolute Gasteiger partial charge is 0.371 e. The summed E-state index contributed by atoms with van der Waals surface area (Å²) in [5.41, 5.74) is 0.783. The largest absolute Gasteiger partial charge is 0.475 e. The van der Waals surface area contributed by atoms with Crippen molar-refractivity contribution in [3.05, 3.63) is 59.5 Å². The van der Waals surface area contributed by atoms with Crippen molar-refractivity contribution in [3.8, 4) is 0 Å². The molecular weight excluding hydrogens is 248 g/mol. The lowest BCUT2D eigenvalue weighted by Gasteiger charge is -2.20. The number of hydrogen-bond acceptors (Lipinski definition) is 4. The molecule has 0 saturated heterocycles. The van der Waals surface area contributed by atoms with Gasteiger partial charge in [0.15, 0.2) is 0 Å². The molecule has 0 radical (unpaired) electrons. The second-order valence-electron chi connectivity index (χ2n) is 4.02. The number of aliphatic hydroxyl groups excluding tert-OH is 1. The Labute approximate surface area is 110 Å². The molecule has 1 heterocycles. The third kappa shape index (κ3) is 2.83.